The lowest BCUT2D eigenvalue weighted by atomic mass is 9.98. The fourth-order valence-electron chi connectivity index (χ4n) is 3.23. The summed E-state index contributed by atoms with van der Waals surface area (Å²) in [4.78, 5) is 14.8. The van der Waals surface area contributed by atoms with Gasteiger partial charge in [-0.25, -0.2) is 0 Å². The third-order valence-corrected chi connectivity index (χ3v) is 5.21. The number of para-hydroxylation sites is 1. The number of halogens is 1. The SMILES string of the molecule is CCOc1ccc(C(=O)N2CCC(C)CC2)cc1COc1ccccc1Cl. The Kier molecular flexibility index (Phi) is 6.62. The molecule has 0 unspecified atom stereocenters. The van der Waals surface area contributed by atoms with E-state index < -0.39 is 0 Å². The standard InChI is InChI=1S/C22H26ClNO3/c1-3-26-20-9-8-17(22(25)24-12-10-16(2)11-13-24)14-18(20)15-27-21-7-5-4-6-19(21)23/h4-9,14,16H,3,10-13,15H2,1-2H3. The lowest BCUT2D eigenvalue weighted by Gasteiger charge is -2.30. The maximum atomic E-state index is 12.9. The van der Waals surface area contributed by atoms with Gasteiger partial charge in [0, 0.05) is 24.2 Å². The highest BCUT2D eigenvalue weighted by Crippen LogP contribution is 2.28. The van der Waals surface area contributed by atoms with E-state index in [1.165, 1.54) is 0 Å². The second kappa shape index (κ2) is 9.14. The van der Waals surface area contributed by atoms with Crippen molar-refractivity contribution in [3.05, 3.63) is 58.6 Å². The van der Waals surface area contributed by atoms with E-state index in [4.69, 9.17) is 21.1 Å². The van der Waals surface area contributed by atoms with E-state index >= 15 is 0 Å². The van der Waals surface area contributed by atoms with Gasteiger partial charge in [-0.05, 0) is 56.0 Å². The fourth-order valence-corrected chi connectivity index (χ4v) is 3.42. The van der Waals surface area contributed by atoms with Gasteiger partial charge in [0.2, 0.25) is 0 Å². The van der Waals surface area contributed by atoms with Crippen molar-refractivity contribution >= 4 is 17.5 Å². The third kappa shape index (κ3) is 4.95. The van der Waals surface area contributed by atoms with Crippen molar-refractivity contribution in [1.82, 2.24) is 4.90 Å². The molecule has 144 valence electrons. The molecule has 1 amide bonds. The normalized spacial score (nSPS) is 14.9. The van der Waals surface area contributed by atoms with Gasteiger partial charge in [-0.2, -0.15) is 0 Å². The molecule has 0 spiro atoms. The van der Waals surface area contributed by atoms with Crippen LogP contribution in [-0.4, -0.2) is 30.5 Å². The van der Waals surface area contributed by atoms with E-state index in [0.717, 1.165) is 37.2 Å². The summed E-state index contributed by atoms with van der Waals surface area (Å²) in [5, 5.41) is 0.560. The Morgan fingerprint density at radius 1 is 1.11 bits per heavy atom. The summed E-state index contributed by atoms with van der Waals surface area (Å²) >= 11 is 6.17. The van der Waals surface area contributed by atoms with Gasteiger partial charge < -0.3 is 14.4 Å². The van der Waals surface area contributed by atoms with E-state index in [2.05, 4.69) is 6.92 Å². The number of piperidine rings is 1. The Morgan fingerprint density at radius 3 is 2.56 bits per heavy atom. The second-order valence-corrected chi connectivity index (χ2v) is 7.36. The largest absolute Gasteiger partial charge is 0.493 e. The Balaban J connectivity index is 1.77. The molecule has 1 aliphatic rings. The highest BCUT2D eigenvalue weighted by Gasteiger charge is 2.22. The average molecular weight is 388 g/mol. The summed E-state index contributed by atoms with van der Waals surface area (Å²) in [5.74, 6) is 2.11. The van der Waals surface area contributed by atoms with Crippen LogP contribution in [0.5, 0.6) is 11.5 Å². The van der Waals surface area contributed by atoms with Crippen molar-refractivity contribution in [3.8, 4) is 11.5 Å². The number of benzene rings is 2. The number of carbonyl (C=O) groups excluding carboxylic acids is 1. The lowest BCUT2D eigenvalue weighted by Crippen LogP contribution is -2.37. The number of amides is 1. The molecule has 0 aliphatic carbocycles. The first-order valence-corrected chi connectivity index (χ1v) is 9.88. The van der Waals surface area contributed by atoms with Gasteiger partial charge in [0.25, 0.3) is 5.91 Å². The van der Waals surface area contributed by atoms with Crippen LogP contribution in [0.2, 0.25) is 5.02 Å². The van der Waals surface area contributed by atoms with Crippen LogP contribution in [0.4, 0.5) is 0 Å². The average Bonchev–Trinajstić information content (AvgIpc) is 2.68. The summed E-state index contributed by atoms with van der Waals surface area (Å²) in [6, 6.07) is 12.9. The molecule has 27 heavy (non-hydrogen) atoms. The first kappa shape index (κ1) is 19.6. The molecule has 1 heterocycles. The summed E-state index contributed by atoms with van der Waals surface area (Å²) in [6.07, 6.45) is 2.12. The summed E-state index contributed by atoms with van der Waals surface area (Å²) < 4.78 is 11.6. The van der Waals surface area contributed by atoms with Crippen LogP contribution < -0.4 is 9.47 Å². The van der Waals surface area contributed by atoms with Crippen molar-refractivity contribution in [1.29, 1.82) is 0 Å². The smallest absolute Gasteiger partial charge is 0.253 e. The highest BCUT2D eigenvalue weighted by atomic mass is 35.5. The molecule has 4 nitrogen and oxygen atoms in total. The molecule has 0 saturated carbocycles. The third-order valence-electron chi connectivity index (χ3n) is 4.90. The minimum atomic E-state index is 0.0731. The number of nitrogens with zero attached hydrogens (tertiary/aromatic N) is 1. The molecule has 5 heteroatoms. The molecule has 2 aromatic rings. The topological polar surface area (TPSA) is 38.8 Å². The van der Waals surface area contributed by atoms with E-state index in [1.807, 2.05) is 48.2 Å². The summed E-state index contributed by atoms with van der Waals surface area (Å²) in [7, 11) is 0. The van der Waals surface area contributed by atoms with Gasteiger partial charge in [-0.15, -0.1) is 0 Å². The molecule has 0 bridgehead atoms. The fraction of sp³-hybridized carbons (Fsp3) is 0.409. The van der Waals surface area contributed by atoms with Gasteiger partial charge in [-0.3, -0.25) is 4.79 Å². The van der Waals surface area contributed by atoms with Crippen LogP contribution >= 0.6 is 11.6 Å². The van der Waals surface area contributed by atoms with Crippen LogP contribution in [0.3, 0.4) is 0 Å². The van der Waals surface area contributed by atoms with Gasteiger partial charge in [0.15, 0.2) is 0 Å². The number of rotatable bonds is 6. The van der Waals surface area contributed by atoms with E-state index in [9.17, 15) is 4.79 Å². The first-order valence-electron chi connectivity index (χ1n) is 9.50. The van der Waals surface area contributed by atoms with Crippen LogP contribution in [0.1, 0.15) is 42.6 Å². The van der Waals surface area contributed by atoms with Crippen LogP contribution in [-0.2, 0) is 6.61 Å². The molecular weight excluding hydrogens is 362 g/mol. The molecule has 0 aromatic heterocycles. The second-order valence-electron chi connectivity index (χ2n) is 6.95. The predicted octanol–water partition coefficient (Wildman–Crippen LogP) is 5.19. The molecule has 2 aromatic carbocycles. The zero-order valence-corrected chi connectivity index (χ0v) is 16.7. The number of likely N-dealkylation sites (tertiary alicyclic amines) is 1. The molecule has 0 N–H and O–H groups in total. The Bertz CT molecular complexity index is 785. The number of hydrogen-bond donors (Lipinski definition) is 0. The van der Waals surface area contributed by atoms with E-state index in [1.54, 1.807) is 6.07 Å². The number of ether oxygens (including phenoxy) is 2. The van der Waals surface area contributed by atoms with Crippen molar-refractivity contribution < 1.29 is 14.3 Å². The minimum Gasteiger partial charge on any atom is -0.493 e. The van der Waals surface area contributed by atoms with Gasteiger partial charge >= 0.3 is 0 Å². The monoisotopic (exact) mass is 387 g/mol. The molecule has 0 radical (unpaired) electrons. The Hall–Kier alpha value is -2.20. The summed E-state index contributed by atoms with van der Waals surface area (Å²) in [5.41, 5.74) is 1.51. The van der Waals surface area contributed by atoms with Gasteiger partial charge in [0.1, 0.15) is 18.1 Å². The van der Waals surface area contributed by atoms with Crippen molar-refractivity contribution in [2.45, 2.75) is 33.3 Å². The number of carbonyl (C=O) groups is 1. The predicted molar refractivity (Wildman–Crippen MR) is 108 cm³/mol. The van der Waals surface area contributed by atoms with Crippen LogP contribution in [0.15, 0.2) is 42.5 Å². The molecule has 1 fully saturated rings. The Morgan fingerprint density at radius 2 is 1.85 bits per heavy atom. The maximum Gasteiger partial charge on any atom is 0.253 e. The molecular formula is C22H26ClNO3. The van der Waals surface area contributed by atoms with Gasteiger partial charge in [0.05, 0.1) is 11.6 Å². The van der Waals surface area contributed by atoms with E-state index in [-0.39, 0.29) is 12.5 Å². The molecule has 3 rings (SSSR count). The highest BCUT2D eigenvalue weighted by molar-refractivity contribution is 6.32. The zero-order chi connectivity index (χ0) is 19.2. The lowest BCUT2D eigenvalue weighted by molar-refractivity contribution is 0.0697. The summed E-state index contributed by atoms with van der Waals surface area (Å²) in [6.45, 7) is 6.65. The molecule has 1 aliphatic heterocycles. The Labute approximate surface area is 166 Å². The van der Waals surface area contributed by atoms with Crippen LogP contribution in [0.25, 0.3) is 0 Å². The zero-order valence-electron chi connectivity index (χ0n) is 15.9. The maximum absolute atomic E-state index is 12.9. The molecule has 0 atom stereocenters. The minimum absolute atomic E-state index is 0.0731. The van der Waals surface area contributed by atoms with E-state index in [0.29, 0.717) is 28.9 Å². The molecule has 1 saturated heterocycles. The quantitative estimate of drug-likeness (QED) is 0.684. The van der Waals surface area contributed by atoms with Gasteiger partial charge in [-0.1, -0.05) is 30.7 Å². The van der Waals surface area contributed by atoms with Crippen molar-refractivity contribution in [2.75, 3.05) is 19.7 Å². The number of hydrogen-bond acceptors (Lipinski definition) is 3. The van der Waals surface area contributed by atoms with Crippen molar-refractivity contribution in [3.63, 3.8) is 0 Å². The van der Waals surface area contributed by atoms with Crippen LogP contribution in [0, 0.1) is 5.92 Å². The van der Waals surface area contributed by atoms with Crippen molar-refractivity contribution in [2.24, 2.45) is 5.92 Å². The first-order chi connectivity index (χ1) is 13.1.